The van der Waals surface area contributed by atoms with E-state index in [9.17, 15) is 14.4 Å². The van der Waals surface area contributed by atoms with Crippen LogP contribution >= 0.6 is 0 Å². The maximum atomic E-state index is 14.4. The van der Waals surface area contributed by atoms with Crippen molar-refractivity contribution < 1.29 is 29.0 Å². The topological polar surface area (TPSA) is 96.4 Å². The van der Waals surface area contributed by atoms with Crippen molar-refractivity contribution in [1.29, 1.82) is 0 Å². The number of nitrogens with zero attached hydrogens (tertiary/aromatic N) is 2. The van der Waals surface area contributed by atoms with Crippen molar-refractivity contribution in [3.8, 4) is 0 Å². The van der Waals surface area contributed by atoms with E-state index in [0.717, 1.165) is 51.4 Å². The summed E-state index contributed by atoms with van der Waals surface area (Å²) in [5.74, 6) is -2.18. The molecule has 0 aromatic rings. The Labute approximate surface area is 221 Å². The van der Waals surface area contributed by atoms with E-state index < -0.39 is 35.0 Å². The molecule has 4 aliphatic rings. The average Bonchev–Trinajstić information content (AvgIpc) is 3.46. The first-order chi connectivity index (χ1) is 17.8. The minimum absolute atomic E-state index is 0.0745. The highest BCUT2D eigenvalue weighted by Gasteiger charge is 2.78. The predicted molar refractivity (Wildman–Crippen MR) is 139 cm³/mol. The Hall–Kier alpha value is -2.19. The van der Waals surface area contributed by atoms with E-state index in [4.69, 9.17) is 14.6 Å². The molecule has 3 heterocycles. The van der Waals surface area contributed by atoms with Crippen LogP contribution in [0.15, 0.2) is 25.3 Å². The Kier molecular flexibility index (Phi) is 8.79. The Bertz CT molecular complexity index is 886. The van der Waals surface area contributed by atoms with Crippen molar-refractivity contribution in [2.24, 2.45) is 11.8 Å². The van der Waals surface area contributed by atoms with E-state index in [-0.39, 0.29) is 31.1 Å². The van der Waals surface area contributed by atoms with Gasteiger partial charge in [0.2, 0.25) is 11.8 Å². The third kappa shape index (κ3) is 4.99. The fraction of sp³-hybridized carbons (Fsp3) is 0.759. The van der Waals surface area contributed by atoms with Gasteiger partial charge in [-0.25, -0.2) is 0 Å². The zero-order valence-electron chi connectivity index (χ0n) is 22.4. The number of carbonyl (C=O) groups excluding carboxylic acids is 3. The summed E-state index contributed by atoms with van der Waals surface area (Å²) in [5, 5.41) is 9.13. The third-order valence-electron chi connectivity index (χ3n) is 9.04. The summed E-state index contributed by atoms with van der Waals surface area (Å²) in [4.78, 5) is 45.4. The van der Waals surface area contributed by atoms with Gasteiger partial charge in [-0.05, 0) is 45.4 Å². The average molecular weight is 517 g/mol. The molecule has 2 bridgehead atoms. The lowest BCUT2D eigenvalue weighted by Gasteiger charge is -2.40. The van der Waals surface area contributed by atoms with Crippen LogP contribution in [0.2, 0.25) is 0 Å². The van der Waals surface area contributed by atoms with Crippen molar-refractivity contribution in [3.63, 3.8) is 0 Å². The van der Waals surface area contributed by atoms with Gasteiger partial charge in [0, 0.05) is 25.7 Å². The lowest BCUT2D eigenvalue weighted by molar-refractivity contribution is -0.160. The minimum atomic E-state index is -1.03. The molecule has 37 heavy (non-hydrogen) atoms. The number of hydrogen-bond donors (Lipinski definition) is 1. The third-order valence-corrected chi connectivity index (χ3v) is 9.04. The summed E-state index contributed by atoms with van der Waals surface area (Å²) in [6.07, 6.45) is 12.9. The quantitative estimate of drug-likeness (QED) is 0.229. The van der Waals surface area contributed by atoms with Crippen LogP contribution in [0.3, 0.4) is 0 Å². The van der Waals surface area contributed by atoms with Crippen LogP contribution in [-0.2, 0) is 23.9 Å². The van der Waals surface area contributed by atoms with Gasteiger partial charge in [-0.2, -0.15) is 0 Å². The number of ether oxygens (including phenoxy) is 2. The number of amides is 2. The molecule has 2 amide bonds. The second kappa shape index (κ2) is 11.7. The molecule has 1 saturated carbocycles. The van der Waals surface area contributed by atoms with E-state index >= 15 is 0 Å². The Morgan fingerprint density at radius 3 is 2.54 bits per heavy atom. The molecule has 8 heteroatoms. The van der Waals surface area contributed by atoms with E-state index in [1.54, 1.807) is 11.0 Å². The molecule has 4 fully saturated rings. The zero-order valence-corrected chi connectivity index (χ0v) is 22.4. The number of aliphatic hydroxyl groups is 1. The monoisotopic (exact) mass is 516 g/mol. The highest BCUT2D eigenvalue weighted by atomic mass is 16.6. The standard InChI is InChI=1S/C29H44N2O6/c1-4-17-30(21-13-9-8-10-14-21)26(34)24-29-16-15-28(3,37-29)23(27(35)36-20-5-2)22(29)25(33)31(24)18-11-6-7-12-19-32/h4-5,21-24,32H,1-2,6-20H2,3H3/t22-,23-,24?,28+,29?/m0/s1. The Morgan fingerprint density at radius 2 is 1.86 bits per heavy atom. The van der Waals surface area contributed by atoms with Crippen molar-refractivity contribution in [2.45, 2.75) is 101 Å². The van der Waals surface area contributed by atoms with Crippen LogP contribution in [0.25, 0.3) is 0 Å². The van der Waals surface area contributed by atoms with E-state index in [1.165, 1.54) is 12.5 Å². The van der Waals surface area contributed by atoms with Crippen LogP contribution in [0.5, 0.6) is 0 Å². The van der Waals surface area contributed by atoms with Crippen molar-refractivity contribution in [2.75, 3.05) is 26.3 Å². The molecule has 4 rings (SSSR count). The SMILES string of the molecule is C=CCOC(=O)[C@@H]1[C@H]2C(=O)N(CCCCCCO)C(C(=O)N(CC=C)C3CCCCC3)C23CC[C@@]1(C)O3. The molecule has 0 radical (unpaired) electrons. The molecule has 2 unspecified atom stereocenters. The maximum Gasteiger partial charge on any atom is 0.313 e. The number of carbonyl (C=O) groups is 3. The molecular weight excluding hydrogens is 472 g/mol. The van der Waals surface area contributed by atoms with Gasteiger partial charge in [-0.15, -0.1) is 6.58 Å². The molecule has 1 N–H and O–H groups in total. The number of hydrogen-bond acceptors (Lipinski definition) is 6. The van der Waals surface area contributed by atoms with Gasteiger partial charge >= 0.3 is 5.97 Å². The molecule has 5 atom stereocenters. The summed E-state index contributed by atoms with van der Waals surface area (Å²) in [6.45, 7) is 10.5. The van der Waals surface area contributed by atoms with Gasteiger partial charge in [-0.3, -0.25) is 14.4 Å². The Morgan fingerprint density at radius 1 is 1.14 bits per heavy atom. The number of aliphatic hydroxyl groups excluding tert-OH is 1. The first-order valence-corrected chi connectivity index (χ1v) is 14.1. The van der Waals surface area contributed by atoms with Crippen molar-refractivity contribution >= 4 is 17.8 Å². The molecule has 0 aromatic carbocycles. The summed E-state index contributed by atoms with van der Waals surface area (Å²) >= 11 is 0. The number of likely N-dealkylation sites (tertiary alicyclic amines) is 1. The summed E-state index contributed by atoms with van der Waals surface area (Å²) < 4.78 is 12.1. The highest BCUT2D eigenvalue weighted by molar-refractivity contribution is 5.98. The molecule has 206 valence electrons. The lowest BCUT2D eigenvalue weighted by Crippen LogP contribution is -2.58. The van der Waals surface area contributed by atoms with E-state index in [1.807, 2.05) is 11.8 Å². The van der Waals surface area contributed by atoms with Crippen LogP contribution in [0.1, 0.15) is 77.6 Å². The molecule has 1 aliphatic carbocycles. The molecule has 1 spiro atoms. The van der Waals surface area contributed by atoms with Gasteiger partial charge in [0.05, 0.1) is 11.5 Å². The highest BCUT2D eigenvalue weighted by Crippen LogP contribution is 2.63. The predicted octanol–water partition coefficient (Wildman–Crippen LogP) is 3.38. The van der Waals surface area contributed by atoms with Gasteiger partial charge in [0.1, 0.15) is 24.2 Å². The second-order valence-corrected chi connectivity index (χ2v) is 11.4. The lowest BCUT2D eigenvalue weighted by atomic mass is 9.66. The molecule has 8 nitrogen and oxygen atoms in total. The summed E-state index contributed by atoms with van der Waals surface area (Å²) in [7, 11) is 0. The maximum absolute atomic E-state index is 14.4. The number of unbranched alkanes of at least 4 members (excludes halogenated alkanes) is 3. The smallest absolute Gasteiger partial charge is 0.313 e. The van der Waals surface area contributed by atoms with E-state index in [2.05, 4.69) is 13.2 Å². The van der Waals surface area contributed by atoms with Crippen LogP contribution in [-0.4, -0.2) is 82.3 Å². The van der Waals surface area contributed by atoms with Crippen LogP contribution in [0, 0.1) is 11.8 Å². The van der Waals surface area contributed by atoms with Crippen molar-refractivity contribution in [1.82, 2.24) is 9.80 Å². The van der Waals surface area contributed by atoms with Crippen LogP contribution < -0.4 is 0 Å². The van der Waals surface area contributed by atoms with Gasteiger partial charge in [0.25, 0.3) is 0 Å². The van der Waals surface area contributed by atoms with Gasteiger partial charge in [0.15, 0.2) is 0 Å². The molecule has 3 saturated heterocycles. The molecular formula is C29H44N2O6. The molecule has 0 aromatic heterocycles. The van der Waals surface area contributed by atoms with E-state index in [0.29, 0.717) is 25.9 Å². The summed E-state index contributed by atoms with van der Waals surface area (Å²) in [6, 6.07) is -0.637. The van der Waals surface area contributed by atoms with Crippen LogP contribution in [0.4, 0.5) is 0 Å². The first-order valence-electron chi connectivity index (χ1n) is 14.1. The number of fused-ring (bicyclic) bond motifs is 1. The fourth-order valence-corrected chi connectivity index (χ4v) is 7.39. The fourth-order valence-electron chi connectivity index (χ4n) is 7.39. The molecule has 3 aliphatic heterocycles. The van der Waals surface area contributed by atoms with Gasteiger partial charge < -0.3 is 24.4 Å². The van der Waals surface area contributed by atoms with Crippen molar-refractivity contribution in [3.05, 3.63) is 25.3 Å². The van der Waals surface area contributed by atoms with Gasteiger partial charge in [-0.1, -0.05) is 50.8 Å². The zero-order chi connectivity index (χ0) is 26.6. The Balaban J connectivity index is 1.67. The minimum Gasteiger partial charge on any atom is -0.461 e. The first kappa shape index (κ1) is 27.8. The summed E-state index contributed by atoms with van der Waals surface area (Å²) in [5.41, 5.74) is -1.86. The number of esters is 1. The normalized spacial score (nSPS) is 32.9. The second-order valence-electron chi connectivity index (χ2n) is 11.4. The largest absolute Gasteiger partial charge is 0.461 e. The number of rotatable bonds is 13.